The largest absolute Gasteiger partial charge is 0.598 e. The molecule has 108 valence electrons. The first-order chi connectivity index (χ1) is 8.69. The van der Waals surface area contributed by atoms with Crippen LogP contribution in [-0.4, -0.2) is 16.2 Å². The lowest BCUT2D eigenvalue weighted by Crippen LogP contribution is -2.32. The minimum Gasteiger partial charge on any atom is -0.598 e. The van der Waals surface area contributed by atoms with E-state index in [1.54, 1.807) is 6.92 Å². The number of rotatable bonds is 5. The molecule has 7 heteroatoms. The molecule has 1 rings (SSSR count). The van der Waals surface area contributed by atoms with Gasteiger partial charge in [0, 0.05) is 11.4 Å². The topological polar surface area (TPSA) is 44.3 Å². The summed E-state index contributed by atoms with van der Waals surface area (Å²) in [6.07, 6.45) is -4.69. The Hall–Kier alpha value is -0.920. The van der Waals surface area contributed by atoms with Gasteiger partial charge < -0.3 is 9.29 Å². The maximum absolute atomic E-state index is 12.0. The van der Waals surface area contributed by atoms with Crippen LogP contribution in [0.3, 0.4) is 0 Å². The lowest BCUT2D eigenvalue weighted by atomic mass is 10.1. The number of hydrogen-bond donors (Lipinski definition) is 1. The summed E-state index contributed by atoms with van der Waals surface area (Å²) in [6, 6.07) is 5.27. The van der Waals surface area contributed by atoms with Crippen LogP contribution in [0.2, 0.25) is 0 Å². The van der Waals surface area contributed by atoms with E-state index in [9.17, 15) is 17.7 Å². The Bertz CT molecular complexity index is 395. The van der Waals surface area contributed by atoms with Gasteiger partial charge >= 0.3 is 6.36 Å². The van der Waals surface area contributed by atoms with Gasteiger partial charge in [-0.15, -0.1) is 17.9 Å². The molecule has 0 saturated heterocycles. The van der Waals surface area contributed by atoms with Crippen molar-refractivity contribution < 1.29 is 22.5 Å². The Morgan fingerprint density at radius 1 is 1.16 bits per heavy atom. The quantitative estimate of drug-likeness (QED) is 0.848. The minimum atomic E-state index is -4.69. The van der Waals surface area contributed by atoms with Crippen molar-refractivity contribution in [2.75, 3.05) is 0 Å². The highest BCUT2D eigenvalue weighted by Gasteiger charge is 2.31. The standard InChI is InChI=1S/C12H16F3NO2S/c1-8(2)19(17)16-9(3)10-4-6-11(7-5-10)18-12(13,14)15/h4-9,16H,1-3H3/t9-,19+/m1/s1. The number of nitrogens with one attached hydrogen (secondary N) is 1. The molecule has 0 amide bonds. The molecule has 0 unspecified atom stereocenters. The Labute approximate surface area is 113 Å². The molecule has 0 aliphatic carbocycles. The Morgan fingerprint density at radius 2 is 1.68 bits per heavy atom. The van der Waals surface area contributed by atoms with Gasteiger partial charge in [-0.1, -0.05) is 12.1 Å². The molecule has 0 heterocycles. The molecular formula is C12H16F3NO2S. The molecule has 0 aromatic heterocycles. The molecule has 0 bridgehead atoms. The van der Waals surface area contributed by atoms with Crippen LogP contribution in [0.15, 0.2) is 24.3 Å². The molecule has 0 saturated carbocycles. The van der Waals surface area contributed by atoms with Gasteiger partial charge in [0.25, 0.3) is 0 Å². The lowest BCUT2D eigenvalue weighted by Gasteiger charge is -2.19. The Morgan fingerprint density at radius 3 is 2.11 bits per heavy atom. The zero-order valence-corrected chi connectivity index (χ0v) is 11.6. The van der Waals surface area contributed by atoms with E-state index < -0.39 is 17.7 Å². The lowest BCUT2D eigenvalue weighted by molar-refractivity contribution is -0.274. The fraction of sp³-hybridized carbons (Fsp3) is 0.500. The molecule has 0 fully saturated rings. The average Bonchev–Trinajstić information content (AvgIpc) is 2.27. The predicted molar refractivity (Wildman–Crippen MR) is 68.0 cm³/mol. The van der Waals surface area contributed by atoms with E-state index in [1.165, 1.54) is 24.3 Å². The molecule has 1 aromatic carbocycles. The highest BCUT2D eigenvalue weighted by atomic mass is 32.2. The third-order valence-electron chi connectivity index (χ3n) is 2.33. The summed E-state index contributed by atoms with van der Waals surface area (Å²) >= 11 is -1.18. The van der Waals surface area contributed by atoms with Crippen molar-refractivity contribution in [1.82, 2.24) is 4.72 Å². The van der Waals surface area contributed by atoms with E-state index in [1.807, 2.05) is 13.8 Å². The van der Waals surface area contributed by atoms with Crippen molar-refractivity contribution in [2.45, 2.75) is 38.4 Å². The van der Waals surface area contributed by atoms with Crippen LogP contribution in [0.1, 0.15) is 32.4 Å². The van der Waals surface area contributed by atoms with Crippen LogP contribution < -0.4 is 9.46 Å². The summed E-state index contributed by atoms with van der Waals surface area (Å²) in [5, 5.41) is -0.0321. The molecule has 3 nitrogen and oxygen atoms in total. The number of halogens is 3. The Balaban J connectivity index is 2.65. The maximum atomic E-state index is 12.0. The molecule has 0 aliphatic rings. The van der Waals surface area contributed by atoms with Gasteiger partial charge in [0.1, 0.15) is 11.0 Å². The van der Waals surface area contributed by atoms with Crippen LogP contribution >= 0.6 is 0 Å². The molecule has 1 aromatic rings. The van der Waals surface area contributed by atoms with Crippen molar-refractivity contribution in [3.05, 3.63) is 29.8 Å². The third-order valence-corrected chi connectivity index (χ3v) is 3.78. The van der Waals surface area contributed by atoms with E-state index >= 15 is 0 Å². The van der Waals surface area contributed by atoms with E-state index in [-0.39, 0.29) is 17.0 Å². The molecule has 2 atom stereocenters. The molecule has 19 heavy (non-hydrogen) atoms. The normalized spacial score (nSPS) is 15.4. The van der Waals surface area contributed by atoms with Crippen molar-refractivity contribution in [3.63, 3.8) is 0 Å². The summed E-state index contributed by atoms with van der Waals surface area (Å²) in [4.78, 5) is 0. The second kappa shape index (κ2) is 6.49. The Kier molecular flexibility index (Phi) is 5.51. The second-order valence-electron chi connectivity index (χ2n) is 4.30. The van der Waals surface area contributed by atoms with E-state index in [0.29, 0.717) is 0 Å². The summed E-state index contributed by atoms with van der Waals surface area (Å²) in [7, 11) is 0. The molecule has 0 aliphatic heterocycles. The molecule has 0 radical (unpaired) electrons. The minimum absolute atomic E-state index is 0.0321. The van der Waals surface area contributed by atoms with Gasteiger partial charge in [-0.05, 0) is 38.5 Å². The highest BCUT2D eigenvalue weighted by Crippen LogP contribution is 2.24. The SMILES string of the molecule is CC(C)[S@+]([O-])N[C@H](C)c1ccc(OC(F)(F)F)cc1. The van der Waals surface area contributed by atoms with Crippen LogP contribution in [0, 0.1) is 0 Å². The van der Waals surface area contributed by atoms with Crippen molar-refractivity contribution in [2.24, 2.45) is 0 Å². The number of alkyl halides is 3. The third kappa shape index (κ3) is 5.71. The van der Waals surface area contributed by atoms with Crippen LogP contribution in [0.5, 0.6) is 5.75 Å². The zero-order chi connectivity index (χ0) is 14.6. The molecular weight excluding hydrogens is 279 g/mol. The van der Waals surface area contributed by atoms with Crippen molar-refractivity contribution in [1.29, 1.82) is 0 Å². The summed E-state index contributed by atoms with van der Waals surface area (Å²) in [5.41, 5.74) is 0.739. The summed E-state index contributed by atoms with van der Waals surface area (Å²) in [6.45, 7) is 5.42. The van der Waals surface area contributed by atoms with Crippen molar-refractivity contribution >= 4 is 11.4 Å². The van der Waals surface area contributed by atoms with Gasteiger partial charge in [-0.2, -0.15) is 0 Å². The van der Waals surface area contributed by atoms with E-state index in [2.05, 4.69) is 9.46 Å². The maximum Gasteiger partial charge on any atom is 0.573 e. The van der Waals surface area contributed by atoms with Crippen LogP contribution in [-0.2, 0) is 11.4 Å². The first kappa shape index (κ1) is 16.1. The van der Waals surface area contributed by atoms with Crippen molar-refractivity contribution in [3.8, 4) is 5.75 Å². The van der Waals surface area contributed by atoms with Gasteiger partial charge in [0.05, 0.1) is 6.04 Å². The highest BCUT2D eigenvalue weighted by molar-refractivity contribution is 7.90. The van der Waals surface area contributed by atoms with Gasteiger partial charge in [-0.25, -0.2) is 0 Å². The first-order valence-corrected chi connectivity index (χ1v) is 6.93. The number of benzene rings is 1. The van der Waals surface area contributed by atoms with Gasteiger partial charge in [-0.3, -0.25) is 0 Å². The summed E-state index contributed by atoms with van der Waals surface area (Å²) < 4.78 is 54.2. The summed E-state index contributed by atoms with van der Waals surface area (Å²) in [5.74, 6) is -0.270. The second-order valence-corrected chi connectivity index (χ2v) is 6.08. The predicted octanol–water partition coefficient (Wildman–Crippen LogP) is 3.31. The molecule has 1 N–H and O–H groups in total. The monoisotopic (exact) mass is 295 g/mol. The molecule has 0 spiro atoms. The first-order valence-electron chi connectivity index (χ1n) is 5.71. The van der Waals surface area contributed by atoms with Gasteiger partial charge in [0.2, 0.25) is 0 Å². The fourth-order valence-corrected chi connectivity index (χ4v) is 2.09. The van der Waals surface area contributed by atoms with E-state index in [0.717, 1.165) is 5.56 Å². The van der Waals surface area contributed by atoms with Gasteiger partial charge in [0.15, 0.2) is 0 Å². The number of hydrogen-bond acceptors (Lipinski definition) is 3. The van der Waals surface area contributed by atoms with E-state index in [4.69, 9.17) is 0 Å². The van der Waals surface area contributed by atoms with Crippen LogP contribution in [0.4, 0.5) is 13.2 Å². The smallest absolute Gasteiger partial charge is 0.573 e. The zero-order valence-electron chi connectivity index (χ0n) is 10.8. The fourth-order valence-electron chi connectivity index (χ4n) is 1.34. The van der Waals surface area contributed by atoms with Crippen LogP contribution in [0.25, 0.3) is 0 Å². The average molecular weight is 295 g/mol. The number of ether oxygens (including phenoxy) is 1.